The Bertz CT molecular complexity index is 426. The van der Waals surface area contributed by atoms with Crippen LogP contribution in [0.15, 0.2) is 24.3 Å². The van der Waals surface area contributed by atoms with Gasteiger partial charge in [-0.25, -0.2) is 13.6 Å². The van der Waals surface area contributed by atoms with Gasteiger partial charge in [0.05, 0.1) is 5.75 Å². The average Bonchev–Trinajstić information content (AvgIpc) is 1.99. The van der Waals surface area contributed by atoms with Gasteiger partial charge >= 0.3 is 0 Å². The lowest BCUT2D eigenvalue weighted by atomic mass is 10.0. The number of hydrogen-bond donors (Lipinski definition) is 1. The van der Waals surface area contributed by atoms with Gasteiger partial charge in [0.2, 0.25) is 10.0 Å². The summed E-state index contributed by atoms with van der Waals surface area (Å²) in [6.07, 6.45) is 0.748. The summed E-state index contributed by atoms with van der Waals surface area (Å²) in [7, 11) is -3.35. The second-order valence-electron chi connectivity index (χ2n) is 4.13. The molecule has 1 unspecified atom stereocenters. The predicted octanol–water partition coefficient (Wildman–Crippen LogP) is 1.46. The zero-order chi connectivity index (χ0) is 11.5. The van der Waals surface area contributed by atoms with Crippen LogP contribution in [0.4, 0.5) is 0 Å². The normalized spacial score (nSPS) is 13.8. The third-order valence-corrected chi connectivity index (χ3v) is 3.22. The number of hydrogen-bond acceptors (Lipinski definition) is 2. The van der Waals surface area contributed by atoms with Crippen LogP contribution in [0.2, 0.25) is 0 Å². The fourth-order valence-electron chi connectivity index (χ4n) is 1.70. The minimum atomic E-state index is -3.35. The average molecular weight is 227 g/mol. The Hall–Kier alpha value is -0.870. The van der Waals surface area contributed by atoms with E-state index in [1.807, 2.05) is 32.0 Å². The van der Waals surface area contributed by atoms with E-state index in [0.29, 0.717) is 0 Å². The molecule has 1 atom stereocenters. The quantitative estimate of drug-likeness (QED) is 0.846. The van der Waals surface area contributed by atoms with Gasteiger partial charge in [-0.3, -0.25) is 0 Å². The second kappa shape index (κ2) is 4.77. The van der Waals surface area contributed by atoms with E-state index in [1.54, 1.807) is 0 Å². The minimum absolute atomic E-state index is 0.0426. The summed E-state index contributed by atoms with van der Waals surface area (Å²) < 4.78 is 21.8. The zero-order valence-electron chi connectivity index (χ0n) is 9.10. The highest BCUT2D eigenvalue weighted by atomic mass is 32.2. The monoisotopic (exact) mass is 227 g/mol. The van der Waals surface area contributed by atoms with Crippen LogP contribution >= 0.6 is 0 Å². The molecule has 1 rings (SSSR count). The SMILES string of the molecule is Cc1cccc(CC(C)CS(N)(=O)=O)c1. The van der Waals surface area contributed by atoms with Crippen LogP contribution in [0.1, 0.15) is 18.1 Å². The Morgan fingerprint density at radius 2 is 2.07 bits per heavy atom. The summed E-state index contributed by atoms with van der Waals surface area (Å²) in [4.78, 5) is 0. The summed E-state index contributed by atoms with van der Waals surface area (Å²) in [6, 6.07) is 8.08. The van der Waals surface area contributed by atoms with E-state index < -0.39 is 10.0 Å². The molecule has 0 aliphatic carbocycles. The highest BCUT2D eigenvalue weighted by Gasteiger charge is 2.11. The highest BCUT2D eigenvalue weighted by molar-refractivity contribution is 7.89. The summed E-state index contributed by atoms with van der Waals surface area (Å²) in [5, 5.41) is 4.99. The van der Waals surface area contributed by atoms with Crippen LogP contribution in [-0.2, 0) is 16.4 Å². The van der Waals surface area contributed by atoms with Gasteiger partial charge in [0.25, 0.3) is 0 Å². The molecular formula is C11H17NO2S. The smallest absolute Gasteiger partial charge is 0.209 e. The van der Waals surface area contributed by atoms with Crippen molar-refractivity contribution in [2.45, 2.75) is 20.3 Å². The maximum absolute atomic E-state index is 10.9. The first-order valence-corrected chi connectivity index (χ1v) is 6.64. The van der Waals surface area contributed by atoms with E-state index in [1.165, 1.54) is 5.56 Å². The molecule has 0 spiro atoms. The molecule has 0 aromatic heterocycles. The molecule has 0 bridgehead atoms. The predicted molar refractivity (Wildman–Crippen MR) is 62.0 cm³/mol. The van der Waals surface area contributed by atoms with Gasteiger partial charge in [0, 0.05) is 0 Å². The molecule has 15 heavy (non-hydrogen) atoms. The first-order chi connectivity index (χ1) is 6.87. The first kappa shape index (κ1) is 12.2. The molecule has 0 amide bonds. The van der Waals surface area contributed by atoms with Crippen LogP contribution < -0.4 is 5.14 Å². The van der Waals surface area contributed by atoms with E-state index in [0.717, 1.165) is 12.0 Å². The Morgan fingerprint density at radius 3 is 2.60 bits per heavy atom. The largest absolute Gasteiger partial charge is 0.229 e. The van der Waals surface area contributed by atoms with Gasteiger partial charge in [0.15, 0.2) is 0 Å². The molecular weight excluding hydrogens is 210 g/mol. The second-order valence-corrected chi connectivity index (χ2v) is 5.79. The molecule has 1 aromatic carbocycles. The zero-order valence-corrected chi connectivity index (χ0v) is 9.92. The van der Waals surface area contributed by atoms with Crippen molar-refractivity contribution in [3.63, 3.8) is 0 Å². The number of benzene rings is 1. The van der Waals surface area contributed by atoms with Crippen LogP contribution in [0.3, 0.4) is 0 Å². The van der Waals surface area contributed by atoms with Crippen molar-refractivity contribution in [2.24, 2.45) is 11.1 Å². The topological polar surface area (TPSA) is 60.2 Å². The lowest BCUT2D eigenvalue weighted by molar-refractivity contribution is 0.571. The van der Waals surface area contributed by atoms with Crippen molar-refractivity contribution >= 4 is 10.0 Å². The van der Waals surface area contributed by atoms with E-state index in [2.05, 4.69) is 6.07 Å². The Kier molecular flexibility index (Phi) is 3.88. The summed E-state index contributed by atoms with van der Waals surface area (Å²) in [5.41, 5.74) is 2.35. The van der Waals surface area contributed by atoms with Crippen molar-refractivity contribution in [3.05, 3.63) is 35.4 Å². The third-order valence-electron chi connectivity index (χ3n) is 2.18. The number of rotatable bonds is 4. The Labute approximate surface area is 91.4 Å². The van der Waals surface area contributed by atoms with Crippen LogP contribution in [0.5, 0.6) is 0 Å². The van der Waals surface area contributed by atoms with Crippen molar-refractivity contribution in [1.82, 2.24) is 0 Å². The van der Waals surface area contributed by atoms with E-state index in [-0.39, 0.29) is 11.7 Å². The molecule has 4 heteroatoms. The summed E-state index contributed by atoms with van der Waals surface area (Å²) >= 11 is 0. The molecule has 2 N–H and O–H groups in total. The van der Waals surface area contributed by atoms with Gasteiger partial charge in [-0.2, -0.15) is 0 Å². The molecule has 0 saturated heterocycles. The van der Waals surface area contributed by atoms with Crippen molar-refractivity contribution < 1.29 is 8.42 Å². The van der Waals surface area contributed by atoms with E-state index in [9.17, 15) is 8.42 Å². The lowest BCUT2D eigenvalue weighted by Gasteiger charge is -2.10. The fourth-order valence-corrected chi connectivity index (χ4v) is 2.61. The molecule has 0 aliphatic rings. The van der Waals surface area contributed by atoms with Crippen molar-refractivity contribution in [2.75, 3.05) is 5.75 Å². The molecule has 0 heterocycles. The molecule has 1 aromatic rings. The fraction of sp³-hybridized carbons (Fsp3) is 0.455. The molecule has 0 radical (unpaired) electrons. The van der Waals surface area contributed by atoms with Crippen LogP contribution in [0, 0.1) is 12.8 Å². The number of aryl methyl sites for hydroxylation is 1. The Morgan fingerprint density at radius 1 is 1.40 bits per heavy atom. The third kappa shape index (κ3) is 4.95. The van der Waals surface area contributed by atoms with Gasteiger partial charge in [0.1, 0.15) is 0 Å². The maximum Gasteiger partial charge on any atom is 0.209 e. The number of nitrogens with two attached hydrogens (primary N) is 1. The lowest BCUT2D eigenvalue weighted by Crippen LogP contribution is -2.22. The Balaban J connectivity index is 2.63. The van der Waals surface area contributed by atoms with E-state index >= 15 is 0 Å². The van der Waals surface area contributed by atoms with Crippen LogP contribution in [0.25, 0.3) is 0 Å². The van der Waals surface area contributed by atoms with Gasteiger partial charge in [-0.05, 0) is 24.8 Å². The summed E-state index contributed by atoms with van der Waals surface area (Å²) in [5.74, 6) is 0.0998. The molecule has 84 valence electrons. The van der Waals surface area contributed by atoms with Crippen LogP contribution in [-0.4, -0.2) is 14.2 Å². The maximum atomic E-state index is 10.9. The first-order valence-electron chi connectivity index (χ1n) is 4.93. The minimum Gasteiger partial charge on any atom is -0.229 e. The van der Waals surface area contributed by atoms with Gasteiger partial charge in [-0.15, -0.1) is 0 Å². The molecule has 3 nitrogen and oxygen atoms in total. The summed E-state index contributed by atoms with van der Waals surface area (Å²) in [6.45, 7) is 3.92. The standard InChI is InChI=1S/C11H17NO2S/c1-9-4-3-5-11(6-9)7-10(2)8-15(12,13)14/h3-6,10H,7-8H2,1-2H3,(H2,12,13,14). The van der Waals surface area contributed by atoms with Gasteiger partial charge in [-0.1, -0.05) is 36.8 Å². The number of primary sulfonamides is 1. The van der Waals surface area contributed by atoms with Crippen molar-refractivity contribution in [3.8, 4) is 0 Å². The van der Waals surface area contributed by atoms with Gasteiger partial charge < -0.3 is 0 Å². The van der Waals surface area contributed by atoms with E-state index in [4.69, 9.17) is 5.14 Å². The number of sulfonamides is 1. The molecule has 0 aliphatic heterocycles. The highest BCUT2D eigenvalue weighted by Crippen LogP contribution is 2.11. The molecule has 0 saturated carbocycles. The van der Waals surface area contributed by atoms with Crippen molar-refractivity contribution in [1.29, 1.82) is 0 Å². The molecule has 0 fully saturated rings.